The van der Waals surface area contributed by atoms with Crippen molar-refractivity contribution < 1.29 is 9.53 Å². The molecule has 20 heavy (non-hydrogen) atoms. The Hall–Kier alpha value is -1.81. The summed E-state index contributed by atoms with van der Waals surface area (Å²) in [7, 11) is 3.62. The van der Waals surface area contributed by atoms with Gasteiger partial charge in [-0.1, -0.05) is 6.07 Å². The number of rotatable bonds is 4. The molecule has 0 aromatic heterocycles. The number of carbonyl (C=O) groups is 1. The summed E-state index contributed by atoms with van der Waals surface area (Å²) in [5, 5.41) is 0. The molecule has 0 fully saturated rings. The fourth-order valence-electron chi connectivity index (χ4n) is 1.96. The van der Waals surface area contributed by atoms with Crippen LogP contribution < -0.4 is 9.64 Å². The van der Waals surface area contributed by atoms with Crippen molar-refractivity contribution in [2.75, 3.05) is 19.1 Å². The molecule has 4 heteroatoms. The van der Waals surface area contributed by atoms with Crippen molar-refractivity contribution in [2.45, 2.75) is 6.92 Å². The van der Waals surface area contributed by atoms with Gasteiger partial charge in [0.15, 0.2) is 5.78 Å². The van der Waals surface area contributed by atoms with Crippen LogP contribution in [0.15, 0.2) is 46.9 Å². The Kier molecular flexibility index (Phi) is 4.45. The number of halogens is 1. The van der Waals surface area contributed by atoms with E-state index in [0.29, 0.717) is 5.56 Å². The van der Waals surface area contributed by atoms with E-state index in [1.807, 2.05) is 54.4 Å². The van der Waals surface area contributed by atoms with Crippen LogP contribution in [0.4, 0.5) is 11.4 Å². The molecule has 0 N–H and O–H groups in total. The van der Waals surface area contributed by atoms with Crippen LogP contribution in [0, 0.1) is 0 Å². The molecule has 0 aliphatic rings. The zero-order chi connectivity index (χ0) is 14.7. The molecule has 0 saturated carbocycles. The van der Waals surface area contributed by atoms with Crippen molar-refractivity contribution in [2.24, 2.45) is 0 Å². The molecule has 0 amide bonds. The first-order valence-electron chi connectivity index (χ1n) is 6.21. The normalized spacial score (nSPS) is 10.2. The van der Waals surface area contributed by atoms with Crippen LogP contribution in [-0.4, -0.2) is 19.9 Å². The average Bonchev–Trinajstić information content (AvgIpc) is 2.46. The summed E-state index contributed by atoms with van der Waals surface area (Å²) in [6, 6.07) is 13.4. The molecule has 3 nitrogen and oxygen atoms in total. The topological polar surface area (TPSA) is 29.5 Å². The number of methoxy groups -OCH3 is 1. The quantitative estimate of drug-likeness (QED) is 0.775. The van der Waals surface area contributed by atoms with E-state index in [4.69, 9.17) is 4.74 Å². The van der Waals surface area contributed by atoms with Gasteiger partial charge in [0.25, 0.3) is 0 Å². The lowest BCUT2D eigenvalue weighted by atomic mass is 10.1. The van der Waals surface area contributed by atoms with E-state index in [1.165, 1.54) is 0 Å². The molecule has 0 bridgehead atoms. The third-order valence-electron chi connectivity index (χ3n) is 3.16. The molecule has 0 radical (unpaired) electrons. The zero-order valence-electron chi connectivity index (χ0n) is 11.7. The predicted molar refractivity (Wildman–Crippen MR) is 85.2 cm³/mol. The summed E-state index contributed by atoms with van der Waals surface area (Å²) in [6.07, 6.45) is 0. The summed E-state index contributed by atoms with van der Waals surface area (Å²) < 4.78 is 6.12. The first kappa shape index (κ1) is 14.6. The predicted octanol–water partition coefficient (Wildman–Crippen LogP) is 4.43. The van der Waals surface area contributed by atoms with Crippen LogP contribution in [0.3, 0.4) is 0 Å². The standard InChI is InChI=1S/C16H16BrNO2/c1-11(19)12-7-8-16(15(17)9-12)18(2)13-5-4-6-14(10-13)20-3/h4-10H,1-3H3. The molecular formula is C16H16BrNO2. The molecule has 0 aliphatic carbocycles. The van der Waals surface area contributed by atoms with Crippen LogP contribution in [0.5, 0.6) is 5.75 Å². The highest BCUT2D eigenvalue weighted by molar-refractivity contribution is 9.10. The molecule has 104 valence electrons. The number of anilines is 2. The second-order valence-corrected chi connectivity index (χ2v) is 5.34. The van der Waals surface area contributed by atoms with Crippen LogP contribution in [0.2, 0.25) is 0 Å². The molecule has 2 rings (SSSR count). The molecular weight excluding hydrogens is 318 g/mol. The van der Waals surface area contributed by atoms with Gasteiger partial charge in [-0.15, -0.1) is 0 Å². The minimum absolute atomic E-state index is 0.0567. The van der Waals surface area contributed by atoms with Crippen molar-refractivity contribution in [1.29, 1.82) is 0 Å². The smallest absolute Gasteiger partial charge is 0.159 e. The lowest BCUT2D eigenvalue weighted by molar-refractivity contribution is 0.101. The van der Waals surface area contributed by atoms with Gasteiger partial charge in [0.2, 0.25) is 0 Å². The number of hydrogen-bond acceptors (Lipinski definition) is 3. The summed E-state index contributed by atoms with van der Waals surface area (Å²) in [4.78, 5) is 13.4. The molecule has 0 aliphatic heterocycles. The Morgan fingerprint density at radius 1 is 1.20 bits per heavy atom. The van der Waals surface area contributed by atoms with E-state index < -0.39 is 0 Å². The number of Topliss-reactive ketones (excluding diaryl/α,β-unsaturated/α-hetero) is 1. The molecule has 0 unspecified atom stereocenters. The van der Waals surface area contributed by atoms with E-state index in [9.17, 15) is 4.79 Å². The number of ketones is 1. The summed E-state index contributed by atoms with van der Waals surface area (Å²) >= 11 is 3.52. The SMILES string of the molecule is COc1cccc(N(C)c2ccc(C(C)=O)cc2Br)c1. The average molecular weight is 334 g/mol. The van der Waals surface area contributed by atoms with Gasteiger partial charge in [-0.3, -0.25) is 4.79 Å². The Morgan fingerprint density at radius 2 is 1.95 bits per heavy atom. The monoisotopic (exact) mass is 333 g/mol. The number of carbonyl (C=O) groups excluding carboxylic acids is 1. The Balaban J connectivity index is 2.37. The van der Waals surface area contributed by atoms with Crippen molar-refractivity contribution in [3.63, 3.8) is 0 Å². The van der Waals surface area contributed by atoms with Crippen LogP contribution in [-0.2, 0) is 0 Å². The van der Waals surface area contributed by atoms with Gasteiger partial charge >= 0.3 is 0 Å². The largest absolute Gasteiger partial charge is 0.497 e. The molecule has 0 heterocycles. The number of benzene rings is 2. The highest BCUT2D eigenvalue weighted by atomic mass is 79.9. The summed E-state index contributed by atoms with van der Waals surface area (Å²) in [6.45, 7) is 1.56. The third kappa shape index (κ3) is 3.02. The minimum atomic E-state index is 0.0567. The lowest BCUT2D eigenvalue weighted by Gasteiger charge is -2.21. The fraction of sp³-hybridized carbons (Fsp3) is 0.188. The summed E-state index contributed by atoms with van der Waals surface area (Å²) in [5.41, 5.74) is 2.70. The van der Waals surface area contributed by atoms with Gasteiger partial charge in [-0.25, -0.2) is 0 Å². The second kappa shape index (κ2) is 6.09. The van der Waals surface area contributed by atoms with Gasteiger partial charge in [0.1, 0.15) is 5.75 Å². The highest BCUT2D eigenvalue weighted by Gasteiger charge is 2.10. The molecule has 0 saturated heterocycles. The molecule has 0 atom stereocenters. The maximum absolute atomic E-state index is 11.4. The zero-order valence-corrected chi connectivity index (χ0v) is 13.3. The first-order chi connectivity index (χ1) is 9.52. The van der Waals surface area contributed by atoms with Crippen LogP contribution in [0.1, 0.15) is 17.3 Å². The van der Waals surface area contributed by atoms with E-state index in [1.54, 1.807) is 14.0 Å². The molecule has 2 aromatic carbocycles. The lowest BCUT2D eigenvalue weighted by Crippen LogP contribution is -2.10. The Bertz CT molecular complexity index is 640. The van der Waals surface area contributed by atoms with E-state index in [-0.39, 0.29) is 5.78 Å². The molecule has 0 spiro atoms. The van der Waals surface area contributed by atoms with Gasteiger partial charge in [-0.2, -0.15) is 0 Å². The van der Waals surface area contributed by atoms with Crippen molar-refractivity contribution in [3.8, 4) is 5.75 Å². The van der Waals surface area contributed by atoms with Gasteiger partial charge in [-0.05, 0) is 53.2 Å². The fourth-order valence-corrected chi connectivity index (χ4v) is 2.60. The van der Waals surface area contributed by atoms with Crippen molar-refractivity contribution >= 4 is 33.1 Å². The van der Waals surface area contributed by atoms with E-state index in [0.717, 1.165) is 21.6 Å². The van der Waals surface area contributed by atoms with Crippen LogP contribution in [0.25, 0.3) is 0 Å². The van der Waals surface area contributed by atoms with Gasteiger partial charge in [0, 0.05) is 28.8 Å². The summed E-state index contributed by atoms with van der Waals surface area (Å²) in [5.74, 6) is 0.868. The van der Waals surface area contributed by atoms with E-state index in [2.05, 4.69) is 15.9 Å². The second-order valence-electron chi connectivity index (χ2n) is 4.48. The number of ether oxygens (including phenoxy) is 1. The number of nitrogens with zero attached hydrogens (tertiary/aromatic N) is 1. The Labute approximate surface area is 127 Å². The first-order valence-corrected chi connectivity index (χ1v) is 7.00. The maximum atomic E-state index is 11.4. The minimum Gasteiger partial charge on any atom is -0.497 e. The molecule has 2 aromatic rings. The Morgan fingerprint density at radius 3 is 2.55 bits per heavy atom. The van der Waals surface area contributed by atoms with Crippen molar-refractivity contribution in [3.05, 3.63) is 52.5 Å². The maximum Gasteiger partial charge on any atom is 0.159 e. The van der Waals surface area contributed by atoms with Crippen molar-refractivity contribution in [1.82, 2.24) is 0 Å². The van der Waals surface area contributed by atoms with Gasteiger partial charge in [0.05, 0.1) is 12.8 Å². The number of hydrogen-bond donors (Lipinski definition) is 0. The van der Waals surface area contributed by atoms with E-state index >= 15 is 0 Å². The van der Waals surface area contributed by atoms with Crippen LogP contribution >= 0.6 is 15.9 Å². The highest BCUT2D eigenvalue weighted by Crippen LogP contribution is 2.33. The third-order valence-corrected chi connectivity index (χ3v) is 3.79. The van der Waals surface area contributed by atoms with Gasteiger partial charge < -0.3 is 9.64 Å².